The van der Waals surface area contributed by atoms with Gasteiger partial charge >= 0.3 is 5.97 Å². The lowest BCUT2D eigenvalue weighted by molar-refractivity contribution is -0.384. The molecule has 1 heterocycles. The van der Waals surface area contributed by atoms with E-state index in [2.05, 4.69) is 5.32 Å². The molecule has 0 spiro atoms. The molecule has 0 bridgehead atoms. The third kappa shape index (κ3) is 4.67. The summed E-state index contributed by atoms with van der Waals surface area (Å²) in [6.45, 7) is 0.528. The van der Waals surface area contributed by atoms with E-state index in [0.29, 0.717) is 12.2 Å². The second-order valence-corrected chi connectivity index (χ2v) is 7.14. The van der Waals surface area contributed by atoms with E-state index in [9.17, 15) is 19.7 Å². The predicted octanol–water partition coefficient (Wildman–Crippen LogP) is 4.33. The van der Waals surface area contributed by atoms with Crippen molar-refractivity contribution in [2.24, 2.45) is 0 Å². The third-order valence-electron chi connectivity index (χ3n) is 4.30. The number of benzene rings is 2. The number of nitrogens with zero attached hydrogens (tertiary/aromatic N) is 1. The van der Waals surface area contributed by atoms with Crippen LogP contribution >= 0.6 is 11.3 Å². The molecule has 0 atom stereocenters. The lowest BCUT2D eigenvalue weighted by Crippen LogP contribution is -2.12. The smallest absolute Gasteiger partial charge is 0.338 e. The van der Waals surface area contributed by atoms with Crippen molar-refractivity contribution in [3.63, 3.8) is 0 Å². The molecule has 2 aromatic carbocycles. The Kier molecular flexibility index (Phi) is 6.36. The molecule has 0 aliphatic rings. The lowest BCUT2D eigenvalue weighted by atomic mass is 9.97. The summed E-state index contributed by atoms with van der Waals surface area (Å²) in [5.41, 5.74) is 0.506. The van der Waals surface area contributed by atoms with Crippen molar-refractivity contribution in [2.45, 2.75) is 6.42 Å². The molecule has 1 aromatic heterocycles. The normalized spacial score (nSPS) is 10.4. The van der Waals surface area contributed by atoms with Gasteiger partial charge in [0.1, 0.15) is 5.69 Å². The number of hydrogen-bond acceptors (Lipinski definition) is 7. The van der Waals surface area contributed by atoms with Gasteiger partial charge in [0.15, 0.2) is 5.78 Å². The molecule has 3 aromatic rings. The van der Waals surface area contributed by atoms with Crippen LogP contribution in [0, 0.1) is 10.1 Å². The van der Waals surface area contributed by atoms with E-state index >= 15 is 0 Å². The minimum Gasteiger partial charge on any atom is -0.465 e. The molecule has 148 valence electrons. The number of anilines is 1. The highest BCUT2D eigenvalue weighted by molar-refractivity contribution is 7.09. The van der Waals surface area contributed by atoms with Crippen LogP contribution in [0.5, 0.6) is 0 Å². The average Bonchev–Trinajstić information content (AvgIpc) is 3.26. The molecule has 0 fully saturated rings. The topological polar surface area (TPSA) is 98.5 Å². The zero-order valence-corrected chi connectivity index (χ0v) is 16.4. The summed E-state index contributed by atoms with van der Waals surface area (Å²) in [7, 11) is 1.23. The fraction of sp³-hybridized carbons (Fsp3) is 0.143. The van der Waals surface area contributed by atoms with Crippen molar-refractivity contribution in [1.82, 2.24) is 0 Å². The van der Waals surface area contributed by atoms with E-state index in [-0.39, 0.29) is 22.4 Å². The standard InChI is InChI=1S/C21H18N2O5S/c1-28-21(25)17-7-3-2-6-16(17)20(24)14-8-9-18(19(13-14)23(26)27)22-11-10-15-5-4-12-29-15/h2-9,12-13,22H,10-11H2,1H3. The van der Waals surface area contributed by atoms with Gasteiger partial charge in [0.05, 0.1) is 17.6 Å². The largest absolute Gasteiger partial charge is 0.465 e. The van der Waals surface area contributed by atoms with Crippen molar-refractivity contribution in [1.29, 1.82) is 0 Å². The average molecular weight is 410 g/mol. The first kappa shape index (κ1) is 20.2. The first-order valence-corrected chi connectivity index (χ1v) is 9.66. The van der Waals surface area contributed by atoms with Gasteiger partial charge in [0.25, 0.3) is 5.69 Å². The van der Waals surface area contributed by atoms with Gasteiger partial charge in [-0.2, -0.15) is 0 Å². The number of ketones is 1. The number of rotatable bonds is 8. The summed E-state index contributed by atoms with van der Waals surface area (Å²) in [5.74, 6) is -1.13. The zero-order valence-electron chi connectivity index (χ0n) is 15.6. The number of carbonyl (C=O) groups excluding carboxylic acids is 2. The quantitative estimate of drug-likeness (QED) is 0.257. The van der Waals surface area contributed by atoms with E-state index in [4.69, 9.17) is 4.74 Å². The van der Waals surface area contributed by atoms with Gasteiger partial charge in [-0.15, -0.1) is 11.3 Å². The van der Waals surface area contributed by atoms with Crippen LogP contribution in [-0.4, -0.2) is 30.3 Å². The van der Waals surface area contributed by atoms with Crippen LogP contribution in [-0.2, 0) is 11.2 Å². The predicted molar refractivity (Wildman–Crippen MR) is 111 cm³/mol. The number of methoxy groups -OCH3 is 1. The Labute approximate surface area is 171 Å². The van der Waals surface area contributed by atoms with E-state index in [1.165, 1.54) is 42.3 Å². The first-order valence-electron chi connectivity index (χ1n) is 8.78. The number of esters is 1. The Balaban J connectivity index is 1.85. The maximum atomic E-state index is 12.9. The highest BCUT2D eigenvalue weighted by atomic mass is 32.1. The zero-order chi connectivity index (χ0) is 20.8. The van der Waals surface area contributed by atoms with Crippen LogP contribution in [0.4, 0.5) is 11.4 Å². The second kappa shape index (κ2) is 9.11. The van der Waals surface area contributed by atoms with Crippen molar-refractivity contribution >= 4 is 34.5 Å². The van der Waals surface area contributed by atoms with E-state index in [1.807, 2.05) is 17.5 Å². The molecule has 3 rings (SSSR count). The van der Waals surface area contributed by atoms with Crippen molar-refractivity contribution in [2.75, 3.05) is 19.0 Å². The van der Waals surface area contributed by atoms with E-state index in [1.54, 1.807) is 23.5 Å². The van der Waals surface area contributed by atoms with Crippen LogP contribution < -0.4 is 5.32 Å². The monoisotopic (exact) mass is 410 g/mol. The summed E-state index contributed by atoms with van der Waals surface area (Å²) in [6, 6.07) is 14.4. The maximum Gasteiger partial charge on any atom is 0.338 e. The summed E-state index contributed by atoms with van der Waals surface area (Å²) in [5, 5.41) is 16.6. The second-order valence-electron chi connectivity index (χ2n) is 6.11. The van der Waals surface area contributed by atoms with Crippen LogP contribution in [0.3, 0.4) is 0 Å². The summed E-state index contributed by atoms with van der Waals surface area (Å²) >= 11 is 1.62. The lowest BCUT2D eigenvalue weighted by Gasteiger charge is -2.10. The van der Waals surface area contributed by atoms with Gasteiger partial charge in [-0.1, -0.05) is 24.3 Å². The van der Waals surface area contributed by atoms with Crippen LogP contribution in [0.1, 0.15) is 31.2 Å². The fourth-order valence-electron chi connectivity index (χ4n) is 2.87. The first-order chi connectivity index (χ1) is 14.0. The minimum atomic E-state index is -0.643. The molecule has 0 aliphatic carbocycles. The van der Waals surface area contributed by atoms with Crippen LogP contribution in [0.15, 0.2) is 60.0 Å². The number of ether oxygens (including phenoxy) is 1. The Morgan fingerprint density at radius 2 is 1.86 bits per heavy atom. The molecule has 0 radical (unpaired) electrons. The molecule has 7 nitrogen and oxygen atoms in total. The van der Waals surface area contributed by atoms with Crippen molar-refractivity contribution in [3.05, 3.63) is 91.7 Å². The van der Waals surface area contributed by atoms with Gasteiger partial charge in [0, 0.05) is 28.6 Å². The SMILES string of the molecule is COC(=O)c1ccccc1C(=O)c1ccc(NCCc2cccs2)c([N+](=O)[O-])c1. The highest BCUT2D eigenvalue weighted by Crippen LogP contribution is 2.27. The van der Waals surface area contributed by atoms with E-state index < -0.39 is 16.7 Å². The van der Waals surface area contributed by atoms with Gasteiger partial charge in [-0.05, 0) is 36.1 Å². The molecule has 0 saturated carbocycles. The van der Waals surface area contributed by atoms with Gasteiger partial charge in [-0.3, -0.25) is 14.9 Å². The van der Waals surface area contributed by atoms with Crippen molar-refractivity contribution in [3.8, 4) is 0 Å². The minimum absolute atomic E-state index is 0.112. The molecule has 8 heteroatoms. The summed E-state index contributed by atoms with van der Waals surface area (Å²) < 4.78 is 4.71. The number of nitrogens with one attached hydrogen (secondary N) is 1. The van der Waals surface area contributed by atoms with Crippen molar-refractivity contribution < 1.29 is 19.2 Å². The highest BCUT2D eigenvalue weighted by Gasteiger charge is 2.22. The Morgan fingerprint density at radius 1 is 1.10 bits per heavy atom. The molecule has 0 aliphatic heterocycles. The Hall–Kier alpha value is -3.52. The molecule has 29 heavy (non-hydrogen) atoms. The van der Waals surface area contributed by atoms with Gasteiger partial charge < -0.3 is 10.1 Å². The number of nitro benzene ring substituents is 1. The molecule has 0 unspecified atom stereocenters. The summed E-state index contributed by atoms with van der Waals surface area (Å²) in [4.78, 5) is 37.0. The molecular weight excluding hydrogens is 392 g/mol. The summed E-state index contributed by atoms with van der Waals surface area (Å²) in [6.07, 6.45) is 0.738. The number of hydrogen-bond donors (Lipinski definition) is 1. The Bertz CT molecular complexity index is 1050. The van der Waals surface area contributed by atoms with Gasteiger partial charge in [-0.25, -0.2) is 4.79 Å². The van der Waals surface area contributed by atoms with Gasteiger partial charge in [0.2, 0.25) is 0 Å². The molecular formula is C21H18N2O5S. The molecule has 1 N–H and O–H groups in total. The van der Waals surface area contributed by atoms with Crippen LogP contribution in [0.25, 0.3) is 0 Å². The third-order valence-corrected chi connectivity index (χ3v) is 5.24. The fourth-order valence-corrected chi connectivity index (χ4v) is 3.58. The number of nitro groups is 1. The number of carbonyl (C=O) groups is 2. The Morgan fingerprint density at radius 3 is 2.52 bits per heavy atom. The molecule has 0 amide bonds. The van der Waals surface area contributed by atoms with E-state index in [0.717, 1.165) is 6.42 Å². The number of thiophene rings is 1. The van der Waals surface area contributed by atoms with Crippen LogP contribution in [0.2, 0.25) is 0 Å². The maximum absolute atomic E-state index is 12.9. The molecule has 0 saturated heterocycles.